The van der Waals surface area contributed by atoms with Crippen LogP contribution in [-0.4, -0.2) is 40.5 Å². The van der Waals surface area contributed by atoms with E-state index in [1.807, 2.05) is 6.92 Å². The molecule has 15 heavy (non-hydrogen) atoms. The molecule has 0 spiro atoms. The lowest BCUT2D eigenvalue weighted by atomic mass is 9.98. The highest BCUT2D eigenvalue weighted by atomic mass is 16.3. The number of nitrogens with zero attached hydrogens (tertiary/aromatic N) is 1. The topological polar surface area (TPSA) is 40.5 Å². The van der Waals surface area contributed by atoms with E-state index in [-0.39, 0.29) is 0 Å². The van der Waals surface area contributed by atoms with Crippen molar-refractivity contribution in [3.05, 3.63) is 0 Å². The summed E-state index contributed by atoms with van der Waals surface area (Å²) >= 11 is 0. The molecule has 2 atom stereocenters. The van der Waals surface area contributed by atoms with Crippen molar-refractivity contribution in [2.45, 2.75) is 57.1 Å². The summed E-state index contributed by atoms with van der Waals surface area (Å²) in [4.78, 5) is 13.6. The fourth-order valence-corrected chi connectivity index (χ4v) is 2.76. The first-order valence-corrected chi connectivity index (χ1v) is 6.05. The second-order valence-corrected chi connectivity index (χ2v) is 5.32. The molecule has 0 aromatic heterocycles. The molecule has 3 heteroatoms. The predicted molar refractivity (Wildman–Crippen MR) is 58.7 cm³/mol. The third kappa shape index (κ3) is 2.79. The van der Waals surface area contributed by atoms with Crippen LogP contribution in [0.4, 0.5) is 0 Å². The standard InChI is InChI=1S/C12H21NO2/c1-12(15)5-2-7-13(8-6-12)10-3-4-11(14)9-10/h10,15H,2-9H2,1H3. The molecule has 1 aliphatic heterocycles. The van der Waals surface area contributed by atoms with Crippen LogP contribution in [-0.2, 0) is 4.79 Å². The van der Waals surface area contributed by atoms with Gasteiger partial charge in [0.25, 0.3) is 0 Å². The predicted octanol–water partition coefficient (Wildman–Crippen LogP) is 1.34. The second kappa shape index (κ2) is 4.22. The minimum atomic E-state index is -0.489. The Balaban J connectivity index is 1.91. The molecule has 1 N–H and O–H groups in total. The zero-order valence-electron chi connectivity index (χ0n) is 9.54. The van der Waals surface area contributed by atoms with E-state index in [0.29, 0.717) is 11.8 Å². The summed E-state index contributed by atoms with van der Waals surface area (Å²) in [6, 6.07) is 0.464. The van der Waals surface area contributed by atoms with E-state index in [1.54, 1.807) is 0 Å². The molecule has 2 rings (SSSR count). The Labute approximate surface area is 91.5 Å². The van der Waals surface area contributed by atoms with Gasteiger partial charge < -0.3 is 5.11 Å². The lowest BCUT2D eigenvalue weighted by Crippen LogP contribution is -2.35. The van der Waals surface area contributed by atoms with Crippen LogP contribution in [0.2, 0.25) is 0 Å². The van der Waals surface area contributed by atoms with Crippen LogP contribution < -0.4 is 0 Å². The van der Waals surface area contributed by atoms with Crippen LogP contribution >= 0.6 is 0 Å². The molecule has 1 saturated heterocycles. The fourth-order valence-electron chi connectivity index (χ4n) is 2.76. The maximum Gasteiger partial charge on any atom is 0.134 e. The van der Waals surface area contributed by atoms with Crippen LogP contribution in [0.25, 0.3) is 0 Å². The first-order valence-electron chi connectivity index (χ1n) is 6.05. The fraction of sp³-hybridized carbons (Fsp3) is 0.917. The average Bonchev–Trinajstić information content (AvgIpc) is 2.49. The zero-order chi connectivity index (χ0) is 10.9. The number of rotatable bonds is 1. The Bertz CT molecular complexity index is 250. The summed E-state index contributed by atoms with van der Waals surface area (Å²) in [6.07, 6.45) is 5.32. The zero-order valence-corrected chi connectivity index (χ0v) is 9.54. The summed E-state index contributed by atoms with van der Waals surface area (Å²) in [6.45, 7) is 3.93. The molecule has 1 aliphatic carbocycles. The highest BCUT2D eigenvalue weighted by molar-refractivity contribution is 5.81. The van der Waals surface area contributed by atoms with Crippen molar-refractivity contribution in [2.75, 3.05) is 13.1 Å². The molecule has 2 aliphatic rings. The van der Waals surface area contributed by atoms with Gasteiger partial charge in [0.1, 0.15) is 5.78 Å². The van der Waals surface area contributed by atoms with Crippen molar-refractivity contribution in [2.24, 2.45) is 0 Å². The SMILES string of the molecule is CC1(O)CCCN(C2CCC(=O)C2)CC1. The first-order chi connectivity index (χ1) is 7.07. The second-order valence-electron chi connectivity index (χ2n) is 5.32. The largest absolute Gasteiger partial charge is 0.390 e. The van der Waals surface area contributed by atoms with Crippen molar-refractivity contribution in [1.29, 1.82) is 0 Å². The molecule has 0 aromatic carbocycles. The van der Waals surface area contributed by atoms with Crippen molar-refractivity contribution < 1.29 is 9.90 Å². The molecule has 86 valence electrons. The van der Waals surface area contributed by atoms with Crippen LogP contribution in [0.1, 0.15) is 45.4 Å². The minimum absolute atomic E-state index is 0.413. The maximum absolute atomic E-state index is 11.2. The van der Waals surface area contributed by atoms with E-state index < -0.39 is 5.60 Å². The van der Waals surface area contributed by atoms with E-state index in [0.717, 1.165) is 51.6 Å². The Morgan fingerprint density at radius 1 is 1.40 bits per heavy atom. The normalized spacial score (nSPS) is 39.3. The average molecular weight is 211 g/mol. The van der Waals surface area contributed by atoms with Gasteiger partial charge in [-0.15, -0.1) is 0 Å². The third-order valence-electron chi connectivity index (χ3n) is 3.83. The molecular formula is C12H21NO2. The Morgan fingerprint density at radius 3 is 2.87 bits per heavy atom. The van der Waals surface area contributed by atoms with E-state index in [1.165, 1.54) is 0 Å². The number of carbonyl (C=O) groups excluding carboxylic acids is 1. The van der Waals surface area contributed by atoms with Crippen LogP contribution in [0.3, 0.4) is 0 Å². The van der Waals surface area contributed by atoms with Crippen molar-refractivity contribution >= 4 is 5.78 Å². The van der Waals surface area contributed by atoms with Crippen LogP contribution in [0.5, 0.6) is 0 Å². The smallest absolute Gasteiger partial charge is 0.134 e. The number of hydrogen-bond acceptors (Lipinski definition) is 3. The van der Waals surface area contributed by atoms with E-state index in [4.69, 9.17) is 0 Å². The number of likely N-dealkylation sites (tertiary alicyclic amines) is 1. The monoisotopic (exact) mass is 211 g/mol. The molecule has 0 amide bonds. The molecule has 2 unspecified atom stereocenters. The van der Waals surface area contributed by atoms with Gasteiger partial charge in [-0.2, -0.15) is 0 Å². The van der Waals surface area contributed by atoms with Crippen molar-refractivity contribution in [3.8, 4) is 0 Å². The van der Waals surface area contributed by atoms with E-state index in [9.17, 15) is 9.90 Å². The number of aliphatic hydroxyl groups is 1. The van der Waals surface area contributed by atoms with Gasteiger partial charge in [-0.05, 0) is 39.2 Å². The summed E-state index contributed by atoms with van der Waals surface area (Å²) in [5.74, 6) is 0.413. The lowest BCUT2D eigenvalue weighted by Gasteiger charge is -2.27. The Morgan fingerprint density at radius 2 is 2.20 bits per heavy atom. The third-order valence-corrected chi connectivity index (χ3v) is 3.83. The molecule has 0 radical (unpaired) electrons. The quantitative estimate of drug-likeness (QED) is 0.711. The summed E-state index contributed by atoms with van der Waals surface area (Å²) < 4.78 is 0. The van der Waals surface area contributed by atoms with Crippen molar-refractivity contribution in [1.82, 2.24) is 4.90 Å². The van der Waals surface area contributed by atoms with Gasteiger partial charge in [-0.25, -0.2) is 0 Å². The van der Waals surface area contributed by atoms with Gasteiger partial charge in [-0.3, -0.25) is 9.69 Å². The number of hydrogen-bond donors (Lipinski definition) is 1. The molecule has 1 saturated carbocycles. The molecule has 0 bridgehead atoms. The summed E-state index contributed by atoms with van der Waals surface area (Å²) in [5.41, 5.74) is -0.489. The molecule has 3 nitrogen and oxygen atoms in total. The summed E-state index contributed by atoms with van der Waals surface area (Å²) in [7, 11) is 0. The Hall–Kier alpha value is -0.410. The van der Waals surface area contributed by atoms with Crippen LogP contribution in [0.15, 0.2) is 0 Å². The van der Waals surface area contributed by atoms with Crippen LogP contribution in [0, 0.1) is 0 Å². The highest BCUT2D eigenvalue weighted by Crippen LogP contribution is 2.27. The van der Waals surface area contributed by atoms with Crippen molar-refractivity contribution in [3.63, 3.8) is 0 Å². The molecule has 1 heterocycles. The summed E-state index contributed by atoms with van der Waals surface area (Å²) in [5, 5.41) is 9.97. The molecule has 2 fully saturated rings. The van der Waals surface area contributed by atoms with Gasteiger partial charge in [0.15, 0.2) is 0 Å². The molecule has 0 aromatic rings. The lowest BCUT2D eigenvalue weighted by molar-refractivity contribution is -0.117. The van der Waals surface area contributed by atoms with Gasteiger partial charge in [0, 0.05) is 25.4 Å². The van der Waals surface area contributed by atoms with E-state index in [2.05, 4.69) is 4.90 Å². The van der Waals surface area contributed by atoms with Gasteiger partial charge in [0.05, 0.1) is 5.60 Å². The number of carbonyl (C=O) groups is 1. The number of Topliss-reactive ketones (excluding diaryl/α,β-unsaturated/α-hetero) is 1. The maximum atomic E-state index is 11.2. The van der Waals surface area contributed by atoms with Gasteiger partial charge in [0.2, 0.25) is 0 Å². The number of ketones is 1. The van der Waals surface area contributed by atoms with Gasteiger partial charge in [-0.1, -0.05) is 0 Å². The van der Waals surface area contributed by atoms with E-state index >= 15 is 0 Å². The minimum Gasteiger partial charge on any atom is -0.390 e. The van der Waals surface area contributed by atoms with Gasteiger partial charge >= 0.3 is 0 Å². The first kappa shape index (κ1) is 11.1. The highest BCUT2D eigenvalue weighted by Gasteiger charge is 2.31. The molecular weight excluding hydrogens is 190 g/mol. The Kier molecular flexibility index (Phi) is 3.12.